The van der Waals surface area contributed by atoms with E-state index in [1.54, 1.807) is 0 Å². The van der Waals surface area contributed by atoms with Crippen LogP contribution in [0.5, 0.6) is 0 Å². The van der Waals surface area contributed by atoms with E-state index in [4.69, 9.17) is 5.73 Å². The van der Waals surface area contributed by atoms with Gasteiger partial charge in [0.15, 0.2) is 17.5 Å². The molecule has 66 valence electrons. The third-order valence-corrected chi connectivity index (χ3v) is 1.44. The summed E-state index contributed by atoms with van der Waals surface area (Å²) < 4.78 is 37.8. The topological polar surface area (TPSA) is 38.0 Å². The molecule has 0 aliphatic heterocycles. The molecule has 1 rings (SSSR count). The minimum absolute atomic E-state index is 0.161. The zero-order valence-electron chi connectivity index (χ0n) is 6.29. The van der Waals surface area contributed by atoms with Gasteiger partial charge in [0, 0.05) is 7.05 Å². The van der Waals surface area contributed by atoms with Gasteiger partial charge in [-0.2, -0.15) is 0 Å². The fraction of sp³-hybridized carbons (Fsp3) is 0.143. The molecule has 5 heteroatoms. The van der Waals surface area contributed by atoms with Gasteiger partial charge in [-0.25, -0.2) is 13.2 Å². The summed E-state index contributed by atoms with van der Waals surface area (Å²) in [5.41, 5.74) is 4.47. The molecule has 0 unspecified atom stereocenters. The van der Waals surface area contributed by atoms with Crippen molar-refractivity contribution in [3.05, 3.63) is 23.5 Å². The predicted octanol–water partition coefficient (Wildman–Crippen LogP) is 1.73. The van der Waals surface area contributed by atoms with Crippen LogP contribution in [0.1, 0.15) is 0 Å². The summed E-state index contributed by atoms with van der Waals surface area (Å²) >= 11 is 0. The van der Waals surface area contributed by atoms with Gasteiger partial charge in [0.25, 0.3) is 0 Å². The number of halogens is 3. The van der Waals surface area contributed by atoms with E-state index in [1.165, 1.54) is 7.05 Å². The van der Waals surface area contributed by atoms with E-state index in [9.17, 15) is 13.2 Å². The van der Waals surface area contributed by atoms with Crippen molar-refractivity contribution < 1.29 is 13.2 Å². The predicted molar refractivity (Wildman–Crippen MR) is 40.3 cm³/mol. The molecule has 0 heterocycles. The van der Waals surface area contributed by atoms with E-state index >= 15 is 0 Å². The lowest BCUT2D eigenvalue weighted by molar-refractivity contribution is 0.451. The van der Waals surface area contributed by atoms with Crippen molar-refractivity contribution in [3.63, 3.8) is 0 Å². The Labute approximate surface area is 67.2 Å². The van der Waals surface area contributed by atoms with Crippen molar-refractivity contribution >= 4 is 11.4 Å². The SMILES string of the molecule is CNc1cc(N)c(F)c(F)c1F. The second-order valence-corrected chi connectivity index (χ2v) is 2.21. The quantitative estimate of drug-likeness (QED) is 0.505. The van der Waals surface area contributed by atoms with E-state index in [-0.39, 0.29) is 5.69 Å². The van der Waals surface area contributed by atoms with Crippen LogP contribution < -0.4 is 11.1 Å². The molecular weight excluding hydrogens is 169 g/mol. The number of nitrogens with two attached hydrogens (primary N) is 1. The smallest absolute Gasteiger partial charge is 0.198 e. The Morgan fingerprint density at radius 3 is 2.25 bits per heavy atom. The zero-order valence-corrected chi connectivity index (χ0v) is 6.29. The van der Waals surface area contributed by atoms with Gasteiger partial charge in [0.2, 0.25) is 0 Å². The second kappa shape index (κ2) is 2.92. The maximum absolute atomic E-state index is 12.7. The zero-order chi connectivity index (χ0) is 9.30. The lowest BCUT2D eigenvalue weighted by Gasteiger charge is -2.05. The summed E-state index contributed by atoms with van der Waals surface area (Å²) in [5.74, 6) is -4.17. The van der Waals surface area contributed by atoms with Crippen LogP contribution >= 0.6 is 0 Å². The van der Waals surface area contributed by atoms with Crippen LogP contribution in [-0.4, -0.2) is 7.05 Å². The van der Waals surface area contributed by atoms with Crippen LogP contribution in [0.2, 0.25) is 0 Å². The molecule has 0 atom stereocenters. The maximum Gasteiger partial charge on any atom is 0.198 e. The molecule has 0 aliphatic rings. The van der Waals surface area contributed by atoms with E-state index in [0.29, 0.717) is 0 Å². The Morgan fingerprint density at radius 1 is 1.17 bits per heavy atom. The second-order valence-electron chi connectivity index (χ2n) is 2.21. The van der Waals surface area contributed by atoms with E-state index in [1.807, 2.05) is 0 Å². The summed E-state index contributed by atoms with van der Waals surface area (Å²) in [7, 11) is 1.38. The van der Waals surface area contributed by atoms with Gasteiger partial charge in [-0.3, -0.25) is 0 Å². The number of nitrogens with one attached hydrogen (secondary N) is 1. The molecule has 1 aromatic carbocycles. The monoisotopic (exact) mass is 176 g/mol. The van der Waals surface area contributed by atoms with Crippen LogP contribution in [0.15, 0.2) is 6.07 Å². The summed E-state index contributed by atoms with van der Waals surface area (Å²) in [6, 6.07) is 0.994. The molecule has 0 bridgehead atoms. The standard InChI is InChI=1S/C7H7F3N2/c1-12-4-2-3(11)5(8)7(10)6(4)9/h2,12H,11H2,1H3. The van der Waals surface area contributed by atoms with Gasteiger partial charge in [0.1, 0.15) is 0 Å². The first-order valence-corrected chi connectivity index (χ1v) is 3.18. The molecule has 0 saturated carbocycles. The minimum Gasteiger partial charge on any atom is -0.396 e. The lowest BCUT2D eigenvalue weighted by Crippen LogP contribution is -2.02. The van der Waals surface area contributed by atoms with Crippen molar-refractivity contribution in [2.45, 2.75) is 0 Å². The molecule has 3 N–H and O–H groups in total. The van der Waals surface area contributed by atoms with Crippen molar-refractivity contribution in [1.82, 2.24) is 0 Å². The lowest BCUT2D eigenvalue weighted by atomic mass is 10.2. The molecular formula is C7H7F3N2. The van der Waals surface area contributed by atoms with Crippen molar-refractivity contribution in [2.24, 2.45) is 0 Å². The van der Waals surface area contributed by atoms with E-state index in [0.717, 1.165) is 6.07 Å². The summed E-state index contributed by atoms with van der Waals surface area (Å²) in [6.07, 6.45) is 0. The largest absolute Gasteiger partial charge is 0.396 e. The average molecular weight is 176 g/mol. The molecule has 0 spiro atoms. The molecule has 0 aliphatic carbocycles. The van der Waals surface area contributed by atoms with Gasteiger partial charge in [-0.15, -0.1) is 0 Å². The Morgan fingerprint density at radius 2 is 1.75 bits per heavy atom. The number of anilines is 2. The van der Waals surface area contributed by atoms with Crippen molar-refractivity contribution in [2.75, 3.05) is 18.1 Å². The van der Waals surface area contributed by atoms with Crippen molar-refractivity contribution in [1.29, 1.82) is 0 Å². The van der Waals surface area contributed by atoms with Gasteiger partial charge in [0.05, 0.1) is 11.4 Å². The highest BCUT2D eigenvalue weighted by atomic mass is 19.2. The molecule has 0 saturated heterocycles. The summed E-state index contributed by atoms with van der Waals surface area (Å²) in [4.78, 5) is 0. The summed E-state index contributed by atoms with van der Waals surface area (Å²) in [5, 5.41) is 2.34. The molecule has 12 heavy (non-hydrogen) atoms. The number of nitrogen functional groups attached to an aromatic ring is 1. The molecule has 2 nitrogen and oxygen atoms in total. The van der Waals surface area contributed by atoms with Gasteiger partial charge in [-0.05, 0) is 6.07 Å². The molecule has 0 aromatic heterocycles. The van der Waals surface area contributed by atoms with Crippen molar-refractivity contribution in [3.8, 4) is 0 Å². The molecule has 0 fully saturated rings. The van der Waals surface area contributed by atoms with Gasteiger partial charge < -0.3 is 11.1 Å². The first-order chi connectivity index (χ1) is 5.57. The molecule has 0 amide bonds. The van der Waals surface area contributed by atoms with Crippen LogP contribution in [0.4, 0.5) is 24.5 Å². The first kappa shape index (κ1) is 8.70. The third kappa shape index (κ3) is 1.17. The van der Waals surface area contributed by atoms with E-state index < -0.39 is 23.1 Å². The Bertz CT molecular complexity index is 312. The number of hydrogen-bond acceptors (Lipinski definition) is 2. The van der Waals surface area contributed by atoms with E-state index in [2.05, 4.69) is 5.32 Å². The Balaban J connectivity index is 3.39. The third-order valence-electron chi connectivity index (χ3n) is 1.44. The highest BCUT2D eigenvalue weighted by Gasteiger charge is 2.15. The summed E-state index contributed by atoms with van der Waals surface area (Å²) in [6.45, 7) is 0. The average Bonchev–Trinajstić information content (AvgIpc) is 2.08. The highest BCUT2D eigenvalue weighted by molar-refractivity contribution is 5.56. The van der Waals surface area contributed by atoms with Crippen LogP contribution in [0, 0.1) is 17.5 Å². The Hall–Kier alpha value is -1.39. The van der Waals surface area contributed by atoms with Crippen LogP contribution in [-0.2, 0) is 0 Å². The highest BCUT2D eigenvalue weighted by Crippen LogP contribution is 2.24. The minimum atomic E-state index is -1.56. The maximum atomic E-state index is 12.7. The first-order valence-electron chi connectivity index (χ1n) is 3.18. The number of benzene rings is 1. The fourth-order valence-electron chi connectivity index (χ4n) is 0.805. The fourth-order valence-corrected chi connectivity index (χ4v) is 0.805. The Kier molecular flexibility index (Phi) is 2.12. The molecule has 0 radical (unpaired) electrons. The van der Waals surface area contributed by atoms with Crippen LogP contribution in [0.3, 0.4) is 0 Å². The van der Waals surface area contributed by atoms with Gasteiger partial charge in [-0.1, -0.05) is 0 Å². The number of rotatable bonds is 1. The van der Waals surface area contributed by atoms with Gasteiger partial charge >= 0.3 is 0 Å². The number of hydrogen-bond donors (Lipinski definition) is 2. The normalized spacial score (nSPS) is 10.0. The molecule has 1 aromatic rings. The van der Waals surface area contributed by atoms with Crippen LogP contribution in [0.25, 0.3) is 0 Å².